The summed E-state index contributed by atoms with van der Waals surface area (Å²) in [6.07, 6.45) is 1.96. The number of fused-ring (bicyclic) bond motifs is 1. The molecule has 4 aromatic rings. The number of hydrogen-bond donors (Lipinski definition) is 1. The second-order valence-corrected chi connectivity index (χ2v) is 7.73. The second kappa shape index (κ2) is 9.99. The van der Waals surface area contributed by atoms with Gasteiger partial charge in [0, 0.05) is 25.1 Å². The van der Waals surface area contributed by atoms with Crippen molar-refractivity contribution < 1.29 is 14.1 Å². The number of para-hydroxylation sites is 1. The minimum atomic E-state index is -0.502. The molecule has 0 radical (unpaired) electrons. The van der Waals surface area contributed by atoms with E-state index < -0.39 is 16.2 Å². The van der Waals surface area contributed by atoms with Crippen molar-refractivity contribution in [1.82, 2.24) is 14.5 Å². The smallest absolute Gasteiger partial charge is 0.331 e. The van der Waals surface area contributed by atoms with E-state index >= 15 is 0 Å². The summed E-state index contributed by atoms with van der Waals surface area (Å²) in [5.74, 6) is 0.421. The number of benzene rings is 2. The number of nitro groups is 1. The monoisotopic (exact) mass is 462 g/mol. The van der Waals surface area contributed by atoms with E-state index in [4.69, 9.17) is 4.42 Å². The highest BCUT2D eigenvalue weighted by atomic mass is 16.6. The van der Waals surface area contributed by atoms with Gasteiger partial charge in [0.05, 0.1) is 35.2 Å². The summed E-state index contributed by atoms with van der Waals surface area (Å²) in [6, 6.07) is 16.2. The maximum atomic E-state index is 13.2. The Morgan fingerprint density at radius 2 is 1.76 bits per heavy atom. The lowest BCUT2D eigenvalue weighted by Crippen LogP contribution is -2.40. The fourth-order valence-corrected chi connectivity index (χ4v) is 3.71. The van der Waals surface area contributed by atoms with E-state index in [0.717, 1.165) is 4.57 Å². The van der Waals surface area contributed by atoms with Crippen LogP contribution >= 0.6 is 0 Å². The Morgan fingerprint density at radius 1 is 1.00 bits per heavy atom. The van der Waals surface area contributed by atoms with Crippen LogP contribution in [-0.4, -0.2) is 20.0 Å². The zero-order chi connectivity index (χ0) is 24.1. The first-order valence-electron chi connectivity index (χ1n) is 10.7. The summed E-state index contributed by atoms with van der Waals surface area (Å²) in [6.45, 7) is 0.488. The predicted octanol–water partition coefficient (Wildman–Crippen LogP) is 2.81. The summed E-state index contributed by atoms with van der Waals surface area (Å²) in [4.78, 5) is 48.8. The van der Waals surface area contributed by atoms with Gasteiger partial charge in [-0.1, -0.05) is 24.3 Å². The molecule has 0 aliphatic rings. The van der Waals surface area contributed by atoms with Gasteiger partial charge in [0.15, 0.2) is 0 Å². The van der Waals surface area contributed by atoms with Gasteiger partial charge in [-0.15, -0.1) is 0 Å². The molecule has 0 saturated heterocycles. The van der Waals surface area contributed by atoms with Crippen molar-refractivity contribution in [2.24, 2.45) is 0 Å². The molecule has 10 heteroatoms. The molecule has 4 rings (SSSR count). The molecule has 34 heavy (non-hydrogen) atoms. The predicted molar refractivity (Wildman–Crippen MR) is 124 cm³/mol. The third-order valence-corrected chi connectivity index (χ3v) is 5.45. The zero-order valence-electron chi connectivity index (χ0n) is 18.2. The van der Waals surface area contributed by atoms with E-state index in [1.54, 1.807) is 48.5 Å². The molecule has 1 amide bonds. The van der Waals surface area contributed by atoms with Gasteiger partial charge in [-0.05, 0) is 36.2 Å². The number of carbonyl (C=O) groups excluding carboxylic acids is 1. The quantitative estimate of drug-likeness (QED) is 0.301. The van der Waals surface area contributed by atoms with Crippen LogP contribution in [0.5, 0.6) is 0 Å². The molecule has 0 atom stereocenters. The fraction of sp³-hybridized carbons (Fsp3) is 0.208. The van der Waals surface area contributed by atoms with Gasteiger partial charge in [0.25, 0.3) is 11.2 Å². The SMILES string of the molecule is O=C(CCCn1c(=O)c2ccccc2n(Cc2ccc([N+](=O)[O-])cc2)c1=O)NCc1ccco1. The van der Waals surface area contributed by atoms with Crippen LogP contribution in [0.4, 0.5) is 5.69 Å². The number of nitrogens with one attached hydrogen (secondary N) is 1. The number of aromatic nitrogens is 2. The molecule has 2 heterocycles. The number of hydrogen-bond acceptors (Lipinski definition) is 6. The molecule has 1 N–H and O–H groups in total. The van der Waals surface area contributed by atoms with E-state index in [1.165, 1.54) is 23.0 Å². The fourth-order valence-electron chi connectivity index (χ4n) is 3.71. The van der Waals surface area contributed by atoms with Crippen molar-refractivity contribution in [1.29, 1.82) is 0 Å². The van der Waals surface area contributed by atoms with Gasteiger partial charge in [0.1, 0.15) is 5.76 Å². The van der Waals surface area contributed by atoms with Crippen molar-refractivity contribution in [3.8, 4) is 0 Å². The van der Waals surface area contributed by atoms with Crippen LogP contribution in [0.1, 0.15) is 24.2 Å². The molecular formula is C24H22N4O6. The number of furan rings is 1. The molecule has 0 saturated carbocycles. The van der Waals surface area contributed by atoms with Crippen molar-refractivity contribution in [3.63, 3.8) is 0 Å². The van der Waals surface area contributed by atoms with Crippen LogP contribution in [0, 0.1) is 10.1 Å². The van der Waals surface area contributed by atoms with E-state index in [9.17, 15) is 24.5 Å². The molecule has 0 bridgehead atoms. The normalized spacial score (nSPS) is 10.9. The molecule has 2 aromatic heterocycles. The second-order valence-electron chi connectivity index (χ2n) is 7.73. The summed E-state index contributed by atoms with van der Waals surface area (Å²) in [5.41, 5.74) is 0.189. The van der Waals surface area contributed by atoms with Gasteiger partial charge < -0.3 is 9.73 Å². The number of rotatable bonds is 9. The first kappa shape index (κ1) is 22.7. The van der Waals surface area contributed by atoms with Crippen LogP contribution in [0.3, 0.4) is 0 Å². The van der Waals surface area contributed by atoms with Crippen molar-refractivity contribution >= 4 is 22.5 Å². The van der Waals surface area contributed by atoms with Crippen molar-refractivity contribution in [2.75, 3.05) is 0 Å². The van der Waals surface area contributed by atoms with Gasteiger partial charge in [0.2, 0.25) is 5.91 Å². The Kier molecular flexibility index (Phi) is 6.67. The summed E-state index contributed by atoms with van der Waals surface area (Å²) in [5, 5.41) is 14.0. The van der Waals surface area contributed by atoms with Crippen molar-refractivity contribution in [3.05, 3.63) is 109 Å². The summed E-state index contributed by atoms with van der Waals surface area (Å²) >= 11 is 0. The van der Waals surface area contributed by atoms with Crippen LogP contribution in [0.25, 0.3) is 10.9 Å². The average Bonchev–Trinajstić information content (AvgIpc) is 3.37. The van der Waals surface area contributed by atoms with E-state index in [2.05, 4.69) is 5.32 Å². The average molecular weight is 462 g/mol. The van der Waals surface area contributed by atoms with E-state index in [0.29, 0.717) is 28.6 Å². The first-order valence-corrected chi connectivity index (χ1v) is 10.7. The molecule has 0 unspecified atom stereocenters. The Labute approximate surface area is 193 Å². The minimum absolute atomic E-state index is 0.0451. The third kappa shape index (κ3) is 4.96. The number of nitro benzene ring substituents is 1. The lowest BCUT2D eigenvalue weighted by atomic mass is 10.2. The first-order chi connectivity index (χ1) is 16.4. The number of carbonyl (C=O) groups is 1. The van der Waals surface area contributed by atoms with Crippen LogP contribution in [0.15, 0.2) is 80.9 Å². The lowest BCUT2D eigenvalue weighted by molar-refractivity contribution is -0.384. The molecule has 0 aliphatic carbocycles. The Balaban J connectivity index is 1.55. The van der Waals surface area contributed by atoms with Crippen LogP contribution in [0.2, 0.25) is 0 Å². The van der Waals surface area contributed by atoms with Gasteiger partial charge in [-0.2, -0.15) is 0 Å². The van der Waals surface area contributed by atoms with Gasteiger partial charge >= 0.3 is 5.69 Å². The molecule has 174 valence electrons. The van der Waals surface area contributed by atoms with E-state index in [1.807, 2.05) is 0 Å². The number of nitrogens with zero attached hydrogens (tertiary/aromatic N) is 3. The minimum Gasteiger partial charge on any atom is -0.467 e. The standard InChI is InChI=1S/C24H22N4O6/c29-22(25-15-19-5-4-14-34-19)8-3-13-26-23(30)20-6-1-2-7-21(20)27(24(26)31)16-17-9-11-18(12-10-17)28(32)33/h1-2,4-7,9-12,14H,3,8,13,15-16H2,(H,25,29). The van der Waals surface area contributed by atoms with Crippen LogP contribution in [-0.2, 0) is 24.4 Å². The molecule has 0 fully saturated rings. The molecule has 0 spiro atoms. The zero-order valence-corrected chi connectivity index (χ0v) is 18.2. The van der Waals surface area contributed by atoms with Crippen molar-refractivity contribution in [2.45, 2.75) is 32.5 Å². The summed E-state index contributed by atoms with van der Waals surface area (Å²) in [7, 11) is 0. The molecule has 10 nitrogen and oxygen atoms in total. The third-order valence-electron chi connectivity index (χ3n) is 5.45. The Morgan fingerprint density at radius 3 is 2.47 bits per heavy atom. The largest absolute Gasteiger partial charge is 0.467 e. The Hall–Kier alpha value is -4.47. The molecular weight excluding hydrogens is 440 g/mol. The maximum Gasteiger partial charge on any atom is 0.331 e. The van der Waals surface area contributed by atoms with Gasteiger partial charge in [-0.25, -0.2) is 4.79 Å². The highest BCUT2D eigenvalue weighted by Gasteiger charge is 2.14. The Bertz CT molecular complexity index is 1440. The molecule has 2 aromatic carbocycles. The summed E-state index contributed by atoms with van der Waals surface area (Å²) < 4.78 is 7.77. The highest BCUT2D eigenvalue weighted by molar-refractivity contribution is 5.78. The van der Waals surface area contributed by atoms with E-state index in [-0.39, 0.29) is 37.6 Å². The van der Waals surface area contributed by atoms with Gasteiger partial charge in [-0.3, -0.25) is 28.8 Å². The van der Waals surface area contributed by atoms with Crippen LogP contribution < -0.4 is 16.6 Å². The number of amides is 1. The highest BCUT2D eigenvalue weighted by Crippen LogP contribution is 2.15. The topological polar surface area (TPSA) is 129 Å². The molecule has 0 aliphatic heterocycles. The lowest BCUT2D eigenvalue weighted by Gasteiger charge is -2.14. The maximum absolute atomic E-state index is 13.2. The number of non-ortho nitro benzene ring substituents is 1.